The van der Waals surface area contributed by atoms with Gasteiger partial charge in [0, 0.05) is 0 Å². The summed E-state index contributed by atoms with van der Waals surface area (Å²) < 4.78 is 57.7. The molecular formula is C17H18N2O6S2. The first kappa shape index (κ1) is 20.6. The van der Waals surface area contributed by atoms with Crippen LogP contribution in [0.15, 0.2) is 36.4 Å². The molecule has 0 bridgehead atoms. The van der Waals surface area contributed by atoms with Crippen LogP contribution < -0.4 is 8.37 Å². The largest absolute Gasteiger partial charge is 0.568 e. The summed E-state index contributed by atoms with van der Waals surface area (Å²) >= 11 is 0. The SMILES string of the molecule is Cc1ccc(C)c(OS(=O)(=O)C(=[N+]=[N-])S(=O)(=O)Oc2cc(C)ccc2C)c1. The van der Waals surface area contributed by atoms with E-state index in [0.717, 1.165) is 0 Å². The molecule has 0 aromatic heterocycles. The van der Waals surface area contributed by atoms with Crippen LogP contribution in [0, 0.1) is 27.7 Å². The lowest BCUT2D eigenvalue weighted by atomic mass is 10.1. The van der Waals surface area contributed by atoms with Gasteiger partial charge in [-0.15, -0.1) is 4.79 Å². The third-order valence-electron chi connectivity index (χ3n) is 3.60. The standard InChI is InChI=1S/C17H18N2O6S2/c1-11-5-7-13(3)15(9-11)24-26(20,21)17(19-18)27(22,23)25-16-10-12(2)6-8-14(16)4/h5-10H,1-4H3. The average Bonchev–Trinajstić information content (AvgIpc) is 2.54. The van der Waals surface area contributed by atoms with Gasteiger partial charge in [-0.05, 0) is 62.1 Å². The zero-order chi connectivity index (χ0) is 20.4. The molecule has 0 radical (unpaired) electrons. The number of aryl methyl sites for hydroxylation is 4. The van der Waals surface area contributed by atoms with Crippen LogP contribution in [0.25, 0.3) is 5.53 Å². The Labute approximate surface area is 158 Å². The van der Waals surface area contributed by atoms with Gasteiger partial charge in [0.1, 0.15) is 11.5 Å². The topological polar surface area (TPSA) is 123 Å². The molecule has 2 rings (SSSR count). The Morgan fingerprint density at radius 2 is 1.15 bits per heavy atom. The van der Waals surface area contributed by atoms with E-state index in [1.54, 1.807) is 52.0 Å². The molecule has 8 nitrogen and oxygen atoms in total. The molecule has 0 saturated carbocycles. The summed E-state index contributed by atoms with van der Waals surface area (Å²) in [6.45, 7) is 6.59. The van der Waals surface area contributed by atoms with Crippen molar-refractivity contribution in [1.82, 2.24) is 0 Å². The summed E-state index contributed by atoms with van der Waals surface area (Å²) in [5.74, 6) is -0.170. The molecule has 27 heavy (non-hydrogen) atoms. The van der Waals surface area contributed by atoms with Gasteiger partial charge in [-0.1, -0.05) is 24.3 Å². The first-order chi connectivity index (χ1) is 12.5. The molecule has 144 valence electrons. The quantitative estimate of drug-likeness (QED) is 0.251. The molecule has 0 fully saturated rings. The van der Waals surface area contributed by atoms with Gasteiger partial charge in [-0.25, -0.2) is 0 Å². The Hall–Kier alpha value is -2.68. The number of hydrogen-bond donors (Lipinski definition) is 0. The molecule has 0 aliphatic rings. The van der Waals surface area contributed by atoms with Crippen LogP contribution in [-0.2, 0) is 20.2 Å². The van der Waals surface area contributed by atoms with E-state index < -0.39 is 24.6 Å². The third kappa shape index (κ3) is 4.73. The molecular weight excluding hydrogens is 392 g/mol. The van der Waals surface area contributed by atoms with Crippen molar-refractivity contribution in [2.24, 2.45) is 0 Å². The van der Waals surface area contributed by atoms with Crippen LogP contribution in [0.1, 0.15) is 22.3 Å². The molecule has 2 aromatic carbocycles. The molecule has 0 saturated heterocycles. The molecule has 0 unspecified atom stereocenters. The van der Waals surface area contributed by atoms with E-state index in [9.17, 15) is 16.8 Å². The van der Waals surface area contributed by atoms with Gasteiger partial charge in [0.2, 0.25) is 0 Å². The van der Waals surface area contributed by atoms with Crippen LogP contribution in [0.5, 0.6) is 11.5 Å². The summed E-state index contributed by atoms with van der Waals surface area (Å²) in [7, 11) is -9.96. The monoisotopic (exact) mass is 410 g/mol. The molecule has 2 aromatic rings. The van der Waals surface area contributed by atoms with Gasteiger partial charge >= 0.3 is 24.6 Å². The minimum atomic E-state index is -4.98. The molecule has 0 heterocycles. The fraction of sp³-hybridized carbons (Fsp3) is 0.235. The predicted octanol–water partition coefficient (Wildman–Crippen LogP) is 2.62. The second-order valence-corrected chi connectivity index (χ2v) is 9.16. The Kier molecular flexibility index (Phi) is 5.74. The zero-order valence-corrected chi connectivity index (χ0v) is 16.8. The predicted molar refractivity (Wildman–Crippen MR) is 99.6 cm³/mol. The van der Waals surface area contributed by atoms with Crippen LogP contribution in [-0.4, -0.2) is 26.0 Å². The van der Waals surface area contributed by atoms with Gasteiger partial charge in [-0.3, -0.25) is 0 Å². The van der Waals surface area contributed by atoms with Crippen molar-refractivity contribution < 1.29 is 30.0 Å². The number of rotatable bonds is 4. The van der Waals surface area contributed by atoms with Crippen LogP contribution in [0.4, 0.5) is 0 Å². The third-order valence-corrected chi connectivity index (χ3v) is 6.64. The van der Waals surface area contributed by atoms with E-state index in [2.05, 4.69) is 4.79 Å². The minimum absolute atomic E-state index is 0.0851. The highest BCUT2D eigenvalue weighted by molar-refractivity contribution is 8.27. The summed E-state index contributed by atoms with van der Waals surface area (Å²) in [6.07, 6.45) is 0. The summed E-state index contributed by atoms with van der Waals surface area (Å²) in [5, 5.41) is 0. The number of benzene rings is 2. The van der Waals surface area contributed by atoms with E-state index in [1.807, 2.05) is 0 Å². The fourth-order valence-electron chi connectivity index (χ4n) is 2.13. The van der Waals surface area contributed by atoms with E-state index in [-0.39, 0.29) is 11.5 Å². The maximum Gasteiger partial charge on any atom is 0.568 e. The summed E-state index contributed by atoms with van der Waals surface area (Å²) in [4.78, 5) is 2.42. The van der Waals surface area contributed by atoms with Gasteiger partial charge in [0.15, 0.2) is 0 Å². The van der Waals surface area contributed by atoms with Gasteiger partial charge in [-0.2, -0.15) is 16.8 Å². The van der Waals surface area contributed by atoms with Crippen molar-refractivity contribution in [3.8, 4) is 11.5 Å². The van der Waals surface area contributed by atoms with E-state index in [0.29, 0.717) is 22.3 Å². The summed E-state index contributed by atoms with van der Waals surface area (Å²) in [6, 6.07) is 9.51. The molecule has 0 atom stereocenters. The first-order valence-corrected chi connectivity index (χ1v) is 10.5. The van der Waals surface area contributed by atoms with Crippen molar-refractivity contribution in [1.29, 1.82) is 0 Å². The lowest BCUT2D eigenvalue weighted by molar-refractivity contribution is 0.00268. The molecule has 0 aliphatic carbocycles. The van der Waals surface area contributed by atoms with Gasteiger partial charge < -0.3 is 13.9 Å². The molecule has 0 amide bonds. The van der Waals surface area contributed by atoms with Crippen molar-refractivity contribution in [3.05, 3.63) is 64.2 Å². The lowest BCUT2D eigenvalue weighted by Crippen LogP contribution is -2.33. The second kappa shape index (κ2) is 7.51. The smallest absolute Gasteiger partial charge is 0.373 e. The van der Waals surface area contributed by atoms with Gasteiger partial charge in [0.25, 0.3) is 0 Å². The molecule has 0 N–H and O–H groups in total. The van der Waals surface area contributed by atoms with Crippen molar-refractivity contribution in [2.75, 3.05) is 0 Å². The lowest BCUT2D eigenvalue weighted by Gasteiger charge is -2.09. The van der Waals surface area contributed by atoms with E-state index >= 15 is 0 Å². The maximum absolute atomic E-state index is 12.4. The average molecular weight is 410 g/mol. The molecule has 10 heteroatoms. The highest BCUT2D eigenvalue weighted by atomic mass is 32.3. The molecule has 0 spiro atoms. The maximum atomic E-state index is 12.4. The summed E-state index contributed by atoms with van der Waals surface area (Å²) in [5.41, 5.74) is 11.4. The Bertz CT molecular complexity index is 1060. The van der Waals surface area contributed by atoms with Gasteiger partial charge in [0.05, 0.1) is 0 Å². The van der Waals surface area contributed by atoms with Crippen molar-refractivity contribution in [2.45, 2.75) is 27.7 Å². The Balaban J connectivity index is 2.43. The fourth-order valence-corrected chi connectivity index (χ4v) is 4.51. The molecule has 0 aliphatic heterocycles. The normalized spacial score (nSPS) is 11.6. The second-order valence-electron chi connectivity index (χ2n) is 5.98. The Morgan fingerprint density at radius 1 is 0.778 bits per heavy atom. The first-order valence-electron chi connectivity index (χ1n) is 7.72. The van der Waals surface area contributed by atoms with E-state index in [1.165, 1.54) is 12.1 Å². The van der Waals surface area contributed by atoms with E-state index in [4.69, 9.17) is 13.9 Å². The highest BCUT2D eigenvalue weighted by Crippen LogP contribution is 2.24. The Morgan fingerprint density at radius 3 is 1.48 bits per heavy atom. The minimum Gasteiger partial charge on any atom is -0.373 e. The highest BCUT2D eigenvalue weighted by Gasteiger charge is 2.46. The van der Waals surface area contributed by atoms with Crippen LogP contribution in [0.3, 0.4) is 0 Å². The van der Waals surface area contributed by atoms with Crippen LogP contribution in [0.2, 0.25) is 0 Å². The van der Waals surface area contributed by atoms with Crippen LogP contribution >= 0.6 is 0 Å². The number of hydrogen-bond acceptors (Lipinski definition) is 6. The van der Waals surface area contributed by atoms with Crippen molar-refractivity contribution >= 4 is 24.6 Å². The van der Waals surface area contributed by atoms with Crippen molar-refractivity contribution in [3.63, 3.8) is 0 Å². The zero-order valence-electron chi connectivity index (χ0n) is 15.1. The number of nitrogens with zero attached hydrogens (tertiary/aromatic N) is 2.